The summed E-state index contributed by atoms with van der Waals surface area (Å²) in [5, 5.41) is 11.4. The molecule has 33 heavy (non-hydrogen) atoms. The minimum absolute atomic E-state index is 0.0802. The lowest BCUT2D eigenvalue weighted by molar-refractivity contribution is -0.132. The molecular formula is C24H18ClF2NO5. The number of ether oxygens (including phenoxy) is 1. The van der Waals surface area contributed by atoms with Gasteiger partial charge in [0.05, 0.1) is 23.3 Å². The molecule has 1 aliphatic rings. The second-order valence-corrected chi connectivity index (χ2v) is 7.95. The maximum absolute atomic E-state index is 14.0. The van der Waals surface area contributed by atoms with Gasteiger partial charge < -0.3 is 14.3 Å². The van der Waals surface area contributed by atoms with Gasteiger partial charge in [0.15, 0.2) is 11.6 Å². The summed E-state index contributed by atoms with van der Waals surface area (Å²) in [5.41, 5.74) is 0.379. The van der Waals surface area contributed by atoms with Crippen molar-refractivity contribution in [2.45, 2.75) is 19.9 Å². The fourth-order valence-electron chi connectivity index (χ4n) is 3.86. The van der Waals surface area contributed by atoms with Gasteiger partial charge in [0, 0.05) is 11.8 Å². The Hall–Kier alpha value is -3.65. The van der Waals surface area contributed by atoms with Gasteiger partial charge in [-0.15, -0.1) is 0 Å². The predicted molar refractivity (Wildman–Crippen MR) is 117 cm³/mol. The van der Waals surface area contributed by atoms with Crippen LogP contribution in [-0.2, 0) is 9.59 Å². The number of rotatable bonds is 4. The van der Waals surface area contributed by atoms with Gasteiger partial charge in [0.2, 0.25) is 0 Å². The van der Waals surface area contributed by atoms with Crippen molar-refractivity contribution >= 4 is 34.7 Å². The maximum atomic E-state index is 14.0. The lowest BCUT2D eigenvalue weighted by atomic mass is 9.97. The van der Waals surface area contributed by atoms with Crippen LogP contribution in [0.5, 0.6) is 5.75 Å². The molecule has 6 nitrogen and oxygen atoms in total. The van der Waals surface area contributed by atoms with Crippen molar-refractivity contribution in [2.24, 2.45) is 0 Å². The lowest BCUT2D eigenvalue weighted by Crippen LogP contribution is -2.29. The molecule has 4 rings (SSSR count). The molecule has 170 valence electrons. The van der Waals surface area contributed by atoms with Crippen LogP contribution in [0.4, 0.5) is 14.5 Å². The Labute approximate surface area is 192 Å². The van der Waals surface area contributed by atoms with Crippen molar-refractivity contribution in [1.29, 1.82) is 0 Å². The molecule has 2 heterocycles. The molecule has 0 bridgehead atoms. The van der Waals surface area contributed by atoms with Crippen molar-refractivity contribution in [1.82, 2.24) is 0 Å². The molecule has 1 atom stereocenters. The van der Waals surface area contributed by atoms with E-state index in [1.165, 1.54) is 13.2 Å². The molecule has 1 amide bonds. The van der Waals surface area contributed by atoms with Gasteiger partial charge in [-0.2, -0.15) is 0 Å². The highest BCUT2D eigenvalue weighted by Crippen LogP contribution is 2.45. The number of aliphatic hydroxyl groups excluding tert-OH is 1. The highest BCUT2D eigenvalue weighted by molar-refractivity contribution is 6.51. The molecule has 1 unspecified atom stereocenters. The number of aryl methyl sites for hydroxylation is 2. The SMILES string of the molecule is COc1c(Cl)cc(C)cc1/C(O)=C1\C(=O)C(=O)N(c2ccc(F)c(F)c2)C1c1ccc(C)o1. The van der Waals surface area contributed by atoms with Crippen LogP contribution in [0.1, 0.15) is 28.7 Å². The zero-order valence-corrected chi connectivity index (χ0v) is 18.5. The monoisotopic (exact) mass is 473 g/mol. The number of benzene rings is 2. The van der Waals surface area contributed by atoms with Gasteiger partial charge in [-0.05, 0) is 55.8 Å². The van der Waals surface area contributed by atoms with Crippen molar-refractivity contribution in [3.05, 3.63) is 87.3 Å². The van der Waals surface area contributed by atoms with Crippen LogP contribution in [0.3, 0.4) is 0 Å². The van der Waals surface area contributed by atoms with E-state index in [1.807, 2.05) is 0 Å². The molecular weight excluding hydrogens is 456 g/mol. The first-order chi connectivity index (χ1) is 15.6. The number of aliphatic hydroxyl groups is 1. The third-order valence-corrected chi connectivity index (χ3v) is 5.58. The van der Waals surface area contributed by atoms with Gasteiger partial charge in [-0.25, -0.2) is 8.78 Å². The summed E-state index contributed by atoms with van der Waals surface area (Å²) in [5.74, 6) is -4.19. The van der Waals surface area contributed by atoms with Crippen LogP contribution < -0.4 is 9.64 Å². The number of nitrogens with zero attached hydrogens (tertiary/aromatic N) is 1. The first kappa shape index (κ1) is 22.5. The third kappa shape index (κ3) is 3.76. The molecule has 0 spiro atoms. The van der Waals surface area contributed by atoms with Crippen LogP contribution in [-0.4, -0.2) is 23.9 Å². The minimum atomic E-state index is -1.24. The number of ketones is 1. The van der Waals surface area contributed by atoms with Crippen molar-refractivity contribution in [2.75, 3.05) is 12.0 Å². The van der Waals surface area contributed by atoms with Crippen molar-refractivity contribution in [3.8, 4) is 5.75 Å². The fraction of sp³-hybridized carbons (Fsp3) is 0.167. The fourth-order valence-corrected chi connectivity index (χ4v) is 4.21. The zero-order valence-electron chi connectivity index (χ0n) is 17.8. The molecule has 1 aliphatic heterocycles. The number of hydrogen-bond acceptors (Lipinski definition) is 5. The number of carbonyl (C=O) groups is 2. The zero-order chi connectivity index (χ0) is 24.0. The second kappa shape index (κ2) is 8.37. The van der Waals surface area contributed by atoms with E-state index >= 15 is 0 Å². The van der Waals surface area contributed by atoms with E-state index in [0.717, 1.165) is 23.1 Å². The highest BCUT2D eigenvalue weighted by atomic mass is 35.5. The molecule has 1 saturated heterocycles. The average Bonchev–Trinajstić information content (AvgIpc) is 3.30. The van der Waals surface area contributed by atoms with Gasteiger partial charge in [-0.3, -0.25) is 14.5 Å². The van der Waals surface area contributed by atoms with E-state index in [-0.39, 0.29) is 33.4 Å². The Morgan fingerprint density at radius 3 is 2.42 bits per heavy atom. The first-order valence-corrected chi connectivity index (χ1v) is 10.2. The molecule has 1 fully saturated rings. The van der Waals surface area contributed by atoms with Gasteiger partial charge in [0.1, 0.15) is 29.1 Å². The van der Waals surface area contributed by atoms with Crippen molar-refractivity contribution in [3.63, 3.8) is 0 Å². The molecule has 9 heteroatoms. The van der Waals surface area contributed by atoms with E-state index < -0.39 is 35.1 Å². The molecule has 0 saturated carbocycles. The summed E-state index contributed by atoms with van der Waals surface area (Å²) in [6.07, 6.45) is 0. The summed E-state index contributed by atoms with van der Waals surface area (Å²) in [6.45, 7) is 3.39. The second-order valence-electron chi connectivity index (χ2n) is 7.54. The minimum Gasteiger partial charge on any atom is -0.507 e. The Kier molecular flexibility index (Phi) is 5.71. The number of hydrogen-bond donors (Lipinski definition) is 1. The number of Topliss-reactive ketones (excluding diaryl/α,β-unsaturated/α-hetero) is 1. The number of carbonyl (C=O) groups excluding carboxylic acids is 2. The molecule has 0 radical (unpaired) electrons. The van der Waals surface area contributed by atoms with E-state index in [4.69, 9.17) is 20.8 Å². The summed E-state index contributed by atoms with van der Waals surface area (Å²) in [4.78, 5) is 27.1. The van der Waals surface area contributed by atoms with Crippen molar-refractivity contribution < 1.29 is 32.6 Å². The molecule has 3 aromatic rings. The summed E-state index contributed by atoms with van der Waals surface area (Å²) in [7, 11) is 1.35. The Morgan fingerprint density at radius 2 is 1.82 bits per heavy atom. The predicted octanol–water partition coefficient (Wildman–Crippen LogP) is 5.46. The highest BCUT2D eigenvalue weighted by Gasteiger charge is 2.49. The molecule has 1 aromatic heterocycles. The smallest absolute Gasteiger partial charge is 0.300 e. The van der Waals surface area contributed by atoms with Crippen LogP contribution in [0, 0.1) is 25.5 Å². The lowest BCUT2D eigenvalue weighted by Gasteiger charge is -2.23. The number of halogens is 3. The molecule has 0 aliphatic carbocycles. The Balaban J connectivity index is 2.00. The van der Waals surface area contributed by atoms with E-state index in [9.17, 15) is 23.5 Å². The number of methoxy groups -OCH3 is 1. The van der Waals surface area contributed by atoms with Crippen LogP contribution in [0.2, 0.25) is 5.02 Å². The summed E-state index contributed by atoms with van der Waals surface area (Å²) >= 11 is 6.25. The van der Waals surface area contributed by atoms with Crippen LogP contribution in [0.15, 0.2) is 52.5 Å². The molecule has 1 N–H and O–H groups in total. The largest absolute Gasteiger partial charge is 0.507 e. The standard InChI is InChI=1S/C24H18ClF2NO5/c1-11-8-14(23(32-3)15(25)9-11)21(29)19-20(18-7-4-12(2)33-18)28(24(31)22(19)30)13-5-6-16(26)17(27)10-13/h4-10,20,29H,1-3H3/b21-19+. The first-order valence-electron chi connectivity index (χ1n) is 9.81. The van der Waals surface area contributed by atoms with Gasteiger partial charge in [-0.1, -0.05) is 11.6 Å². The van der Waals surface area contributed by atoms with E-state index in [1.54, 1.807) is 32.0 Å². The number of furan rings is 1. The van der Waals surface area contributed by atoms with E-state index in [0.29, 0.717) is 11.3 Å². The normalized spacial score (nSPS) is 17.6. The quantitative estimate of drug-likeness (QED) is 0.309. The van der Waals surface area contributed by atoms with Gasteiger partial charge >= 0.3 is 0 Å². The number of anilines is 1. The topological polar surface area (TPSA) is 80.0 Å². The van der Waals surface area contributed by atoms with Gasteiger partial charge in [0.25, 0.3) is 11.7 Å². The average molecular weight is 474 g/mol. The van der Waals surface area contributed by atoms with E-state index in [2.05, 4.69) is 0 Å². The van der Waals surface area contributed by atoms with Crippen LogP contribution in [0.25, 0.3) is 5.76 Å². The Morgan fingerprint density at radius 1 is 1.09 bits per heavy atom. The third-order valence-electron chi connectivity index (χ3n) is 5.30. The maximum Gasteiger partial charge on any atom is 0.300 e. The molecule has 2 aromatic carbocycles. The Bertz CT molecular complexity index is 1330. The summed E-state index contributed by atoms with van der Waals surface area (Å²) in [6, 6.07) is 7.88. The summed E-state index contributed by atoms with van der Waals surface area (Å²) < 4.78 is 38.5. The van der Waals surface area contributed by atoms with Crippen LogP contribution >= 0.6 is 11.6 Å². The number of amides is 1.